The van der Waals surface area contributed by atoms with Gasteiger partial charge in [0.1, 0.15) is 12.4 Å². The molecule has 1 N–H and O–H groups in total. The fourth-order valence-corrected chi connectivity index (χ4v) is 1.33. The molecule has 0 amide bonds. The Balaban J connectivity index is 1.89. The summed E-state index contributed by atoms with van der Waals surface area (Å²) < 4.78 is 10.8. The van der Waals surface area contributed by atoms with Gasteiger partial charge in [0, 0.05) is 19.8 Å². The Bertz CT molecular complexity index is 251. The van der Waals surface area contributed by atoms with Crippen LogP contribution in [0.3, 0.4) is 0 Å². The molecule has 3 heteroatoms. The third kappa shape index (κ3) is 6.43. The van der Waals surface area contributed by atoms with Gasteiger partial charge >= 0.3 is 0 Å². The number of rotatable bonds is 9. The molecule has 0 spiro atoms. The van der Waals surface area contributed by atoms with Crippen LogP contribution < -0.4 is 10.1 Å². The number of hydrogen-bond donors (Lipinski definition) is 1. The van der Waals surface area contributed by atoms with Crippen molar-refractivity contribution in [2.45, 2.75) is 13.3 Å². The van der Waals surface area contributed by atoms with E-state index in [9.17, 15) is 0 Å². The fourth-order valence-electron chi connectivity index (χ4n) is 1.33. The Labute approximate surface area is 97.8 Å². The molecule has 0 aliphatic heterocycles. The molecule has 90 valence electrons. The number of ether oxygens (including phenoxy) is 2. The van der Waals surface area contributed by atoms with Gasteiger partial charge in [0.05, 0.1) is 0 Å². The van der Waals surface area contributed by atoms with E-state index < -0.39 is 0 Å². The van der Waals surface area contributed by atoms with Crippen LogP contribution in [0.4, 0.5) is 0 Å². The monoisotopic (exact) mass is 223 g/mol. The van der Waals surface area contributed by atoms with Crippen molar-refractivity contribution in [1.82, 2.24) is 5.32 Å². The lowest BCUT2D eigenvalue weighted by molar-refractivity contribution is 0.144. The lowest BCUT2D eigenvalue weighted by Crippen LogP contribution is -2.23. The van der Waals surface area contributed by atoms with E-state index in [0.29, 0.717) is 6.61 Å². The summed E-state index contributed by atoms with van der Waals surface area (Å²) in [4.78, 5) is 0. The molecule has 0 heterocycles. The maximum absolute atomic E-state index is 5.54. The second-order valence-electron chi connectivity index (χ2n) is 3.46. The molecule has 3 nitrogen and oxygen atoms in total. The molecule has 1 aromatic rings. The maximum Gasteiger partial charge on any atom is 0.119 e. The summed E-state index contributed by atoms with van der Waals surface area (Å²) in [6.45, 7) is 6.22. The summed E-state index contributed by atoms with van der Waals surface area (Å²) >= 11 is 0. The summed E-state index contributed by atoms with van der Waals surface area (Å²) in [5, 5.41) is 3.31. The zero-order valence-corrected chi connectivity index (χ0v) is 9.95. The van der Waals surface area contributed by atoms with Gasteiger partial charge in [-0.15, -0.1) is 0 Å². The number of nitrogens with one attached hydrogen (secondary N) is 1. The van der Waals surface area contributed by atoms with Crippen molar-refractivity contribution in [2.24, 2.45) is 0 Å². The molecule has 0 aliphatic rings. The van der Waals surface area contributed by atoms with Crippen molar-refractivity contribution in [3.8, 4) is 5.75 Å². The molecule has 0 saturated heterocycles. The fraction of sp³-hybridized carbons (Fsp3) is 0.538. The summed E-state index contributed by atoms with van der Waals surface area (Å²) in [5.41, 5.74) is 0. The quantitative estimate of drug-likeness (QED) is 0.650. The molecule has 1 rings (SSSR count). The zero-order chi connectivity index (χ0) is 11.5. The van der Waals surface area contributed by atoms with Gasteiger partial charge in [-0.3, -0.25) is 0 Å². The maximum atomic E-state index is 5.54. The normalized spacial score (nSPS) is 10.3. The van der Waals surface area contributed by atoms with Crippen molar-refractivity contribution >= 4 is 0 Å². The van der Waals surface area contributed by atoms with Crippen molar-refractivity contribution in [1.29, 1.82) is 0 Å². The summed E-state index contributed by atoms with van der Waals surface area (Å²) in [6, 6.07) is 9.87. The molecule has 0 radical (unpaired) electrons. The van der Waals surface area contributed by atoms with Gasteiger partial charge in [0.15, 0.2) is 0 Å². The third-order valence-corrected chi connectivity index (χ3v) is 2.14. The molecule has 0 saturated carbocycles. The van der Waals surface area contributed by atoms with Crippen molar-refractivity contribution < 1.29 is 9.47 Å². The molecule has 0 bridgehead atoms. The lowest BCUT2D eigenvalue weighted by Gasteiger charge is -2.07. The van der Waals surface area contributed by atoms with Crippen LogP contribution in [-0.4, -0.2) is 32.9 Å². The van der Waals surface area contributed by atoms with Gasteiger partial charge in [-0.2, -0.15) is 0 Å². The predicted octanol–water partition coefficient (Wildman–Crippen LogP) is 2.08. The topological polar surface area (TPSA) is 30.5 Å². The minimum Gasteiger partial charge on any atom is -0.492 e. The molecule has 0 unspecified atom stereocenters. The largest absolute Gasteiger partial charge is 0.492 e. The summed E-state index contributed by atoms with van der Waals surface area (Å²) in [6.07, 6.45) is 1.05. The van der Waals surface area contributed by atoms with Gasteiger partial charge in [0.25, 0.3) is 0 Å². The first-order chi connectivity index (χ1) is 7.93. The molecular weight excluding hydrogens is 202 g/mol. The second-order valence-corrected chi connectivity index (χ2v) is 3.46. The minimum atomic E-state index is 0.707. The van der Waals surface area contributed by atoms with E-state index in [1.165, 1.54) is 0 Å². The molecule has 0 aromatic heterocycles. The summed E-state index contributed by atoms with van der Waals surface area (Å²) in [7, 11) is 0. The molecule has 1 aromatic carbocycles. The molecule has 0 atom stereocenters. The third-order valence-electron chi connectivity index (χ3n) is 2.14. The number of para-hydroxylation sites is 1. The lowest BCUT2D eigenvalue weighted by atomic mass is 10.3. The van der Waals surface area contributed by atoms with Gasteiger partial charge in [-0.1, -0.05) is 18.2 Å². The summed E-state index contributed by atoms with van der Waals surface area (Å²) in [5.74, 6) is 0.929. The van der Waals surface area contributed by atoms with E-state index in [1.807, 2.05) is 37.3 Å². The van der Waals surface area contributed by atoms with Gasteiger partial charge < -0.3 is 14.8 Å². The SMILES string of the molecule is CCOCCCNCCOc1ccccc1. The number of hydrogen-bond acceptors (Lipinski definition) is 3. The van der Waals surface area contributed by atoms with E-state index in [2.05, 4.69) is 5.32 Å². The van der Waals surface area contributed by atoms with Crippen LogP contribution in [0.5, 0.6) is 5.75 Å². The highest BCUT2D eigenvalue weighted by Crippen LogP contribution is 2.07. The standard InChI is InChI=1S/C13H21NO2/c1-2-15-11-6-9-14-10-12-16-13-7-4-3-5-8-13/h3-5,7-8,14H,2,6,9-12H2,1H3. The van der Waals surface area contributed by atoms with Crippen LogP contribution in [0.2, 0.25) is 0 Å². The number of benzene rings is 1. The Hall–Kier alpha value is -1.06. The van der Waals surface area contributed by atoms with Crippen molar-refractivity contribution in [3.05, 3.63) is 30.3 Å². The first-order valence-corrected chi connectivity index (χ1v) is 5.90. The van der Waals surface area contributed by atoms with Crippen LogP contribution in [0, 0.1) is 0 Å². The Kier molecular flexibility index (Phi) is 7.47. The highest BCUT2D eigenvalue weighted by atomic mass is 16.5. The van der Waals surface area contributed by atoms with Gasteiger partial charge in [0.2, 0.25) is 0 Å². The van der Waals surface area contributed by atoms with Crippen LogP contribution in [0.15, 0.2) is 30.3 Å². The van der Waals surface area contributed by atoms with Crippen molar-refractivity contribution in [3.63, 3.8) is 0 Å². The molecule has 16 heavy (non-hydrogen) atoms. The van der Waals surface area contributed by atoms with Gasteiger partial charge in [-0.25, -0.2) is 0 Å². The average Bonchev–Trinajstić information content (AvgIpc) is 2.34. The van der Waals surface area contributed by atoms with Crippen LogP contribution >= 0.6 is 0 Å². The zero-order valence-electron chi connectivity index (χ0n) is 9.95. The average molecular weight is 223 g/mol. The smallest absolute Gasteiger partial charge is 0.119 e. The van der Waals surface area contributed by atoms with Crippen molar-refractivity contribution in [2.75, 3.05) is 32.9 Å². The van der Waals surface area contributed by atoms with E-state index in [0.717, 1.165) is 38.5 Å². The van der Waals surface area contributed by atoms with Crippen LogP contribution in [0.1, 0.15) is 13.3 Å². The molecule has 0 fully saturated rings. The van der Waals surface area contributed by atoms with E-state index in [-0.39, 0.29) is 0 Å². The van der Waals surface area contributed by atoms with Gasteiger partial charge in [-0.05, 0) is 32.0 Å². The second kappa shape index (κ2) is 9.19. The van der Waals surface area contributed by atoms with E-state index in [1.54, 1.807) is 0 Å². The predicted molar refractivity (Wildman–Crippen MR) is 65.9 cm³/mol. The molecule has 0 aliphatic carbocycles. The van der Waals surface area contributed by atoms with E-state index >= 15 is 0 Å². The van der Waals surface area contributed by atoms with Crippen LogP contribution in [-0.2, 0) is 4.74 Å². The molecular formula is C13H21NO2. The van der Waals surface area contributed by atoms with Crippen LogP contribution in [0.25, 0.3) is 0 Å². The van der Waals surface area contributed by atoms with E-state index in [4.69, 9.17) is 9.47 Å². The first-order valence-electron chi connectivity index (χ1n) is 5.90. The first kappa shape index (κ1) is 13.0. The highest BCUT2D eigenvalue weighted by Gasteiger charge is 1.91. The Morgan fingerprint density at radius 1 is 1.06 bits per heavy atom. The Morgan fingerprint density at radius 2 is 1.88 bits per heavy atom. The highest BCUT2D eigenvalue weighted by molar-refractivity contribution is 5.20. The minimum absolute atomic E-state index is 0.707. The Morgan fingerprint density at radius 3 is 2.62 bits per heavy atom.